The second-order valence-corrected chi connectivity index (χ2v) is 9.93. The third kappa shape index (κ3) is 4.82. The first kappa shape index (κ1) is 20.4. The first-order chi connectivity index (χ1) is 14.4. The molecule has 8 nitrogen and oxygen atoms in total. The Morgan fingerprint density at radius 3 is 2.93 bits per heavy atom. The van der Waals surface area contributed by atoms with E-state index in [4.69, 9.17) is 4.74 Å². The first-order valence-electron chi connectivity index (χ1n) is 9.60. The molecule has 3 heterocycles. The zero-order valence-electron chi connectivity index (χ0n) is 16.8. The van der Waals surface area contributed by atoms with Gasteiger partial charge >= 0.3 is 0 Å². The Kier molecular flexibility index (Phi) is 5.78. The van der Waals surface area contributed by atoms with Crippen molar-refractivity contribution in [2.45, 2.75) is 18.9 Å². The summed E-state index contributed by atoms with van der Waals surface area (Å²) >= 11 is 0. The SMILES string of the molecule is CS(C)(=O)=Nc1cc(F)c2c(Nc3cccnc3O[C@@H]3CCCNC3)ncnc2c1. The number of hydrogen-bond donors (Lipinski definition) is 2. The van der Waals surface area contributed by atoms with E-state index in [1.54, 1.807) is 24.4 Å². The van der Waals surface area contributed by atoms with Crippen LogP contribution in [0.15, 0.2) is 41.2 Å². The van der Waals surface area contributed by atoms with Crippen molar-refractivity contribution in [3.8, 4) is 5.88 Å². The summed E-state index contributed by atoms with van der Waals surface area (Å²) in [6.07, 6.45) is 7.98. The highest BCUT2D eigenvalue weighted by Gasteiger charge is 2.18. The van der Waals surface area contributed by atoms with Crippen LogP contribution >= 0.6 is 0 Å². The van der Waals surface area contributed by atoms with E-state index in [0.29, 0.717) is 17.1 Å². The predicted molar refractivity (Wildman–Crippen MR) is 116 cm³/mol. The lowest BCUT2D eigenvalue weighted by Crippen LogP contribution is -2.37. The van der Waals surface area contributed by atoms with Gasteiger partial charge in [-0.3, -0.25) is 0 Å². The number of benzene rings is 1. The molecule has 1 saturated heterocycles. The van der Waals surface area contributed by atoms with Crippen LogP contribution in [-0.4, -0.2) is 50.9 Å². The fraction of sp³-hybridized carbons (Fsp3) is 0.350. The van der Waals surface area contributed by atoms with Crippen LogP contribution in [-0.2, 0) is 9.73 Å². The number of halogens is 1. The van der Waals surface area contributed by atoms with Gasteiger partial charge in [0.15, 0.2) is 0 Å². The first-order valence-corrected chi connectivity index (χ1v) is 11.9. The number of piperidine rings is 1. The number of rotatable bonds is 5. The van der Waals surface area contributed by atoms with E-state index in [9.17, 15) is 8.60 Å². The van der Waals surface area contributed by atoms with Gasteiger partial charge < -0.3 is 15.4 Å². The normalized spacial score (nSPS) is 17.0. The van der Waals surface area contributed by atoms with Crippen LogP contribution in [0.3, 0.4) is 0 Å². The van der Waals surface area contributed by atoms with Crippen molar-refractivity contribution in [1.29, 1.82) is 0 Å². The molecule has 0 amide bonds. The van der Waals surface area contributed by atoms with Crippen molar-refractivity contribution >= 4 is 37.8 Å². The number of nitrogens with one attached hydrogen (secondary N) is 2. The highest BCUT2D eigenvalue weighted by Crippen LogP contribution is 2.32. The molecule has 2 N–H and O–H groups in total. The topological polar surface area (TPSA) is 101 Å². The minimum atomic E-state index is -2.42. The monoisotopic (exact) mass is 430 g/mol. The van der Waals surface area contributed by atoms with Gasteiger partial charge in [0.05, 0.1) is 16.6 Å². The van der Waals surface area contributed by atoms with Crippen LogP contribution in [0.5, 0.6) is 5.88 Å². The Labute approximate surface area is 174 Å². The molecule has 158 valence electrons. The Morgan fingerprint density at radius 1 is 1.30 bits per heavy atom. The Balaban J connectivity index is 1.69. The number of ether oxygens (including phenoxy) is 1. The predicted octanol–water partition coefficient (Wildman–Crippen LogP) is 3.40. The molecule has 1 aliphatic heterocycles. The fourth-order valence-corrected chi connectivity index (χ4v) is 3.93. The highest BCUT2D eigenvalue weighted by molar-refractivity contribution is 7.92. The molecule has 1 aliphatic rings. The maximum atomic E-state index is 14.9. The standard InChI is InChI=1S/C20H23FN6O2S/c1-30(2,28)27-13-9-15(21)18-17(10-13)24-12-25-19(18)26-16-6-4-8-23-20(16)29-14-5-3-7-22-11-14/h4,6,8-10,12,14,22H,3,5,7,11H2,1-2H3,(H,24,25,26)/t14-/m1/s1. The lowest BCUT2D eigenvalue weighted by Gasteiger charge is -2.24. The van der Waals surface area contributed by atoms with E-state index in [1.807, 2.05) is 0 Å². The van der Waals surface area contributed by atoms with E-state index in [2.05, 4.69) is 29.9 Å². The van der Waals surface area contributed by atoms with Crippen LogP contribution < -0.4 is 15.4 Å². The average Bonchev–Trinajstić information content (AvgIpc) is 2.69. The summed E-state index contributed by atoms with van der Waals surface area (Å²) in [4.78, 5) is 12.7. The van der Waals surface area contributed by atoms with Gasteiger partial charge in [0, 0.05) is 41.0 Å². The van der Waals surface area contributed by atoms with E-state index < -0.39 is 15.5 Å². The summed E-state index contributed by atoms with van der Waals surface area (Å²) < 4.78 is 37.0. The van der Waals surface area contributed by atoms with E-state index in [1.165, 1.54) is 24.9 Å². The molecule has 4 rings (SSSR count). The molecule has 0 aliphatic carbocycles. The van der Waals surface area contributed by atoms with Crippen LogP contribution in [0, 0.1) is 5.82 Å². The van der Waals surface area contributed by atoms with Gasteiger partial charge in [0.25, 0.3) is 0 Å². The third-order valence-corrected chi connectivity index (χ3v) is 5.20. The highest BCUT2D eigenvalue weighted by atomic mass is 32.2. The molecule has 1 aromatic carbocycles. The van der Waals surface area contributed by atoms with Gasteiger partial charge in [-0.15, -0.1) is 0 Å². The molecule has 0 radical (unpaired) electrons. The quantitative estimate of drug-likeness (QED) is 0.640. The number of nitrogens with zero attached hydrogens (tertiary/aromatic N) is 4. The molecule has 2 aromatic heterocycles. The second kappa shape index (κ2) is 8.49. The van der Waals surface area contributed by atoms with Gasteiger partial charge in [0.1, 0.15) is 29.8 Å². The van der Waals surface area contributed by atoms with Gasteiger partial charge in [-0.25, -0.2) is 23.6 Å². The molecule has 3 aromatic rings. The van der Waals surface area contributed by atoms with Gasteiger partial charge in [-0.1, -0.05) is 0 Å². The number of fused-ring (bicyclic) bond motifs is 1. The zero-order chi connectivity index (χ0) is 21.1. The largest absolute Gasteiger partial charge is 0.472 e. The minimum Gasteiger partial charge on any atom is -0.472 e. The fourth-order valence-electron chi connectivity index (χ4n) is 3.31. The lowest BCUT2D eigenvalue weighted by atomic mass is 10.1. The van der Waals surface area contributed by atoms with Gasteiger partial charge in [0.2, 0.25) is 5.88 Å². The number of anilines is 2. The van der Waals surface area contributed by atoms with Crippen molar-refractivity contribution in [2.24, 2.45) is 4.36 Å². The van der Waals surface area contributed by atoms with Crippen LogP contribution in [0.1, 0.15) is 12.8 Å². The van der Waals surface area contributed by atoms with Crippen molar-refractivity contribution in [2.75, 3.05) is 30.9 Å². The Morgan fingerprint density at radius 2 is 2.17 bits per heavy atom. The van der Waals surface area contributed by atoms with Crippen molar-refractivity contribution in [3.63, 3.8) is 0 Å². The number of aromatic nitrogens is 3. The molecular formula is C20H23FN6O2S. The van der Waals surface area contributed by atoms with E-state index >= 15 is 0 Å². The molecule has 1 fully saturated rings. The Hall–Kier alpha value is -2.85. The molecule has 0 unspecified atom stereocenters. The summed E-state index contributed by atoms with van der Waals surface area (Å²) in [5.74, 6) is 0.167. The molecular weight excluding hydrogens is 407 g/mol. The van der Waals surface area contributed by atoms with Crippen molar-refractivity contribution in [1.82, 2.24) is 20.3 Å². The zero-order valence-corrected chi connectivity index (χ0v) is 17.6. The molecule has 1 atom stereocenters. The van der Waals surface area contributed by atoms with Crippen molar-refractivity contribution in [3.05, 3.63) is 42.6 Å². The molecule has 0 saturated carbocycles. The van der Waals surface area contributed by atoms with Gasteiger partial charge in [-0.05, 0) is 37.6 Å². The molecule has 30 heavy (non-hydrogen) atoms. The summed E-state index contributed by atoms with van der Waals surface area (Å²) in [7, 11) is -2.42. The second-order valence-electron chi connectivity index (χ2n) is 7.38. The van der Waals surface area contributed by atoms with Crippen LogP contribution in [0.25, 0.3) is 10.9 Å². The summed E-state index contributed by atoms with van der Waals surface area (Å²) in [6.45, 7) is 1.74. The van der Waals surface area contributed by atoms with Gasteiger partial charge in [-0.2, -0.15) is 4.36 Å². The smallest absolute Gasteiger partial charge is 0.238 e. The average molecular weight is 431 g/mol. The third-order valence-electron chi connectivity index (χ3n) is 4.55. The number of pyridine rings is 1. The molecule has 0 bridgehead atoms. The number of hydrogen-bond acceptors (Lipinski definition) is 8. The van der Waals surface area contributed by atoms with Crippen LogP contribution in [0.2, 0.25) is 0 Å². The maximum absolute atomic E-state index is 14.9. The summed E-state index contributed by atoms with van der Waals surface area (Å²) in [6, 6.07) is 6.39. The molecule has 0 spiro atoms. The van der Waals surface area contributed by atoms with Crippen LogP contribution in [0.4, 0.5) is 21.6 Å². The molecule has 10 heteroatoms. The van der Waals surface area contributed by atoms with Crippen molar-refractivity contribution < 1.29 is 13.3 Å². The summed E-state index contributed by atoms with van der Waals surface area (Å²) in [5, 5.41) is 6.64. The van der Waals surface area contributed by atoms with E-state index in [-0.39, 0.29) is 23.0 Å². The summed E-state index contributed by atoms with van der Waals surface area (Å²) in [5.41, 5.74) is 1.22. The maximum Gasteiger partial charge on any atom is 0.238 e. The van der Waals surface area contributed by atoms with E-state index in [0.717, 1.165) is 25.9 Å². The Bertz CT molecular complexity index is 1180. The minimum absolute atomic E-state index is 0.0233. The lowest BCUT2D eigenvalue weighted by molar-refractivity contribution is 0.161.